The molecule has 1 saturated heterocycles. The number of anilines is 1. The van der Waals surface area contributed by atoms with Gasteiger partial charge in [0.25, 0.3) is 0 Å². The maximum atomic E-state index is 8.94. The van der Waals surface area contributed by atoms with Gasteiger partial charge in [-0.05, 0) is 60.7 Å². The number of hydrogen-bond donors (Lipinski definition) is 4. The standard InChI is InChI=1S/C20H22N2O2S2/c23-22(24)19-9-5-16(6-10-19)2-1-15-3-7-17(8-4-15)18-11-13-21(14-12-18)20(25)26/h3-10,18,20,23-26H,11-14H2. The zero-order valence-electron chi connectivity index (χ0n) is 14.3. The lowest BCUT2D eigenvalue weighted by atomic mass is 9.89. The minimum Gasteiger partial charge on any atom is -0.283 e. The van der Waals surface area contributed by atoms with Gasteiger partial charge in [-0.1, -0.05) is 24.0 Å². The first kappa shape index (κ1) is 19.2. The lowest BCUT2D eigenvalue weighted by molar-refractivity contribution is 0.0291. The molecule has 1 aliphatic heterocycles. The maximum absolute atomic E-state index is 8.94. The third kappa shape index (κ3) is 4.97. The molecule has 2 aromatic rings. The summed E-state index contributed by atoms with van der Waals surface area (Å²) in [5.74, 6) is 6.82. The Morgan fingerprint density at radius 1 is 0.885 bits per heavy atom. The van der Waals surface area contributed by atoms with Crippen LogP contribution in [0.4, 0.5) is 5.69 Å². The molecule has 6 heteroatoms. The van der Waals surface area contributed by atoms with E-state index in [0.717, 1.165) is 37.1 Å². The number of piperidine rings is 1. The van der Waals surface area contributed by atoms with Crippen molar-refractivity contribution in [2.45, 2.75) is 23.5 Å². The van der Waals surface area contributed by atoms with E-state index >= 15 is 0 Å². The third-order valence-electron chi connectivity index (χ3n) is 4.69. The van der Waals surface area contributed by atoms with Gasteiger partial charge in [0.15, 0.2) is 0 Å². The molecule has 136 valence electrons. The first-order valence-electron chi connectivity index (χ1n) is 8.53. The van der Waals surface area contributed by atoms with E-state index in [1.54, 1.807) is 24.3 Å². The molecule has 0 amide bonds. The Labute approximate surface area is 165 Å². The highest BCUT2D eigenvalue weighted by Crippen LogP contribution is 2.29. The van der Waals surface area contributed by atoms with Crippen LogP contribution in [-0.4, -0.2) is 33.1 Å². The van der Waals surface area contributed by atoms with Gasteiger partial charge >= 0.3 is 0 Å². The molecule has 0 aromatic heterocycles. The summed E-state index contributed by atoms with van der Waals surface area (Å²) in [4.78, 5) is 2.28. The molecule has 0 unspecified atom stereocenters. The van der Waals surface area contributed by atoms with E-state index < -0.39 is 0 Å². The van der Waals surface area contributed by atoms with Crippen molar-refractivity contribution in [3.8, 4) is 11.8 Å². The van der Waals surface area contributed by atoms with Crippen molar-refractivity contribution in [1.82, 2.24) is 4.90 Å². The summed E-state index contributed by atoms with van der Waals surface area (Å²) in [5, 5.41) is 18.0. The van der Waals surface area contributed by atoms with Crippen LogP contribution in [0.15, 0.2) is 48.5 Å². The average molecular weight is 387 g/mol. The Kier molecular flexibility index (Phi) is 6.52. The predicted molar refractivity (Wildman–Crippen MR) is 110 cm³/mol. The highest BCUT2D eigenvalue weighted by Gasteiger charge is 2.22. The summed E-state index contributed by atoms with van der Waals surface area (Å²) < 4.78 is 0.0282. The van der Waals surface area contributed by atoms with E-state index in [0.29, 0.717) is 11.6 Å². The molecule has 3 rings (SSSR count). The lowest BCUT2D eigenvalue weighted by Gasteiger charge is -2.33. The van der Waals surface area contributed by atoms with Crippen molar-refractivity contribution in [2.24, 2.45) is 0 Å². The molecular weight excluding hydrogens is 364 g/mol. The Bertz CT molecular complexity index is 772. The minimum atomic E-state index is 0.0282. The van der Waals surface area contributed by atoms with Crippen molar-refractivity contribution in [3.05, 3.63) is 65.2 Å². The first-order valence-corrected chi connectivity index (χ1v) is 9.56. The number of rotatable bonds is 3. The molecule has 1 aliphatic rings. The van der Waals surface area contributed by atoms with Crippen LogP contribution in [0.25, 0.3) is 0 Å². The van der Waals surface area contributed by atoms with Crippen LogP contribution in [0.1, 0.15) is 35.4 Å². The molecule has 1 heterocycles. The summed E-state index contributed by atoms with van der Waals surface area (Å²) in [5.41, 5.74) is 3.45. The number of nitrogens with zero attached hydrogens (tertiary/aromatic N) is 2. The summed E-state index contributed by atoms with van der Waals surface area (Å²) in [7, 11) is 0. The fraction of sp³-hybridized carbons (Fsp3) is 0.300. The molecule has 0 bridgehead atoms. The molecule has 0 spiro atoms. The normalized spacial score (nSPS) is 15.6. The molecule has 0 saturated carbocycles. The predicted octanol–water partition coefficient (Wildman–Crippen LogP) is 3.99. The van der Waals surface area contributed by atoms with Crippen LogP contribution in [0.5, 0.6) is 0 Å². The number of benzene rings is 2. The number of thiol groups is 2. The lowest BCUT2D eigenvalue weighted by Crippen LogP contribution is -2.35. The molecule has 2 aromatic carbocycles. The second-order valence-electron chi connectivity index (χ2n) is 6.36. The second kappa shape index (κ2) is 8.85. The van der Waals surface area contributed by atoms with E-state index in [1.807, 2.05) is 0 Å². The SMILES string of the molecule is ON(O)c1ccc(C#Cc2ccc(C3CCN(C(S)S)CC3)cc2)cc1. The monoisotopic (exact) mass is 386 g/mol. The fourth-order valence-electron chi connectivity index (χ4n) is 3.12. The highest BCUT2D eigenvalue weighted by atomic mass is 32.2. The second-order valence-corrected chi connectivity index (χ2v) is 7.75. The largest absolute Gasteiger partial charge is 0.283 e. The van der Waals surface area contributed by atoms with E-state index in [9.17, 15) is 0 Å². The van der Waals surface area contributed by atoms with Crippen molar-refractivity contribution >= 4 is 30.9 Å². The number of likely N-dealkylation sites (tertiary alicyclic amines) is 1. The summed E-state index contributed by atoms with van der Waals surface area (Å²) in [6, 6.07) is 15.2. The number of hydrogen-bond acceptors (Lipinski definition) is 6. The molecule has 2 N–H and O–H groups in total. The Balaban J connectivity index is 1.62. The average Bonchev–Trinajstić information content (AvgIpc) is 2.67. The van der Waals surface area contributed by atoms with Crippen LogP contribution in [0.2, 0.25) is 0 Å². The van der Waals surface area contributed by atoms with Crippen molar-refractivity contribution in [3.63, 3.8) is 0 Å². The van der Waals surface area contributed by atoms with Gasteiger partial charge in [-0.25, -0.2) is 0 Å². The first-order chi connectivity index (χ1) is 12.5. The quantitative estimate of drug-likeness (QED) is 0.279. The zero-order valence-corrected chi connectivity index (χ0v) is 16.1. The Hall–Kier alpha value is -1.62. The maximum Gasteiger partial charge on any atom is 0.0969 e. The van der Waals surface area contributed by atoms with Crippen LogP contribution in [0, 0.1) is 11.8 Å². The summed E-state index contributed by atoms with van der Waals surface area (Å²) in [6.45, 7) is 2.05. The highest BCUT2D eigenvalue weighted by molar-refractivity contribution is 7.99. The molecule has 0 radical (unpaired) electrons. The molecule has 4 nitrogen and oxygen atoms in total. The summed E-state index contributed by atoms with van der Waals surface area (Å²) in [6.07, 6.45) is 2.25. The fourth-order valence-corrected chi connectivity index (χ4v) is 3.59. The topological polar surface area (TPSA) is 46.9 Å². The smallest absolute Gasteiger partial charge is 0.0969 e. The Morgan fingerprint density at radius 3 is 1.85 bits per heavy atom. The molecule has 0 atom stereocenters. The van der Waals surface area contributed by atoms with Crippen molar-refractivity contribution in [1.29, 1.82) is 0 Å². The molecular formula is C20H22N2O2S2. The molecule has 26 heavy (non-hydrogen) atoms. The van der Waals surface area contributed by atoms with Gasteiger partial charge in [-0.2, -0.15) is 0 Å². The van der Waals surface area contributed by atoms with Gasteiger partial charge in [0.1, 0.15) is 0 Å². The Morgan fingerprint density at radius 2 is 1.38 bits per heavy atom. The third-order valence-corrected chi connectivity index (χ3v) is 5.34. The van der Waals surface area contributed by atoms with E-state index in [1.165, 1.54) is 5.56 Å². The van der Waals surface area contributed by atoms with E-state index in [-0.39, 0.29) is 9.93 Å². The zero-order chi connectivity index (χ0) is 18.5. The molecule has 1 fully saturated rings. The molecule has 0 aliphatic carbocycles. The van der Waals surface area contributed by atoms with E-state index in [4.69, 9.17) is 10.4 Å². The van der Waals surface area contributed by atoms with Gasteiger partial charge < -0.3 is 0 Å². The van der Waals surface area contributed by atoms with Gasteiger partial charge in [0.2, 0.25) is 0 Å². The van der Waals surface area contributed by atoms with E-state index in [2.05, 4.69) is 66.3 Å². The van der Waals surface area contributed by atoms with Crippen LogP contribution >= 0.6 is 25.3 Å². The van der Waals surface area contributed by atoms with Gasteiger partial charge in [0, 0.05) is 24.2 Å². The van der Waals surface area contributed by atoms with Crippen LogP contribution in [0.3, 0.4) is 0 Å². The minimum absolute atomic E-state index is 0.0282. The van der Waals surface area contributed by atoms with Gasteiger partial charge in [-0.3, -0.25) is 15.3 Å². The summed E-state index contributed by atoms with van der Waals surface area (Å²) >= 11 is 8.78. The van der Waals surface area contributed by atoms with Crippen LogP contribution < -0.4 is 5.23 Å². The van der Waals surface area contributed by atoms with Crippen molar-refractivity contribution < 1.29 is 10.4 Å². The van der Waals surface area contributed by atoms with Crippen molar-refractivity contribution in [2.75, 3.05) is 18.3 Å². The van der Waals surface area contributed by atoms with Gasteiger partial charge in [-0.15, -0.1) is 30.5 Å². The van der Waals surface area contributed by atoms with Gasteiger partial charge in [0.05, 0.1) is 10.4 Å². The van der Waals surface area contributed by atoms with Crippen LogP contribution in [-0.2, 0) is 0 Å².